The number of piperazine rings is 1. The Morgan fingerprint density at radius 1 is 1.19 bits per heavy atom. The normalized spacial score (nSPS) is 17.8. The molecular weight excluding hydrogens is 514 g/mol. The number of pyridine rings is 1. The molecule has 0 aliphatic carbocycles. The van der Waals surface area contributed by atoms with Gasteiger partial charge in [0.2, 0.25) is 0 Å². The second-order valence-electron chi connectivity index (χ2n) is 8.96. The van der Waals surface area contributed by atoms with E-state index in [1.807, 2.05) is 25.1 Å². The van der Waals surface area contributed by atoms with Crippen LogP contribution in [0.15, 0.2) is 34.0 Å². The van der Waals surface area contributed by atoms with Crippen LogP contribution in [0, 0.1) is 18.3 Å². The van der Waals surface area contributed by atoms with E-state index >= 15 is 0 Å². The third kappa shape index (κ3) is 5.09. The highest BCUT2D eigenvalue weighted by molar-refractivity contribution is 8.26. The number of carbonyl (C=O) groups excluding carboxylic acids is 1. The number of likely N-dealkylation sites (N-methyl/N-ethyl adjacent to an activating group) is 1. The first-order valence-corrected chi connectivity index (χ1v) is 13.5. The molecule has 1 amide bonds. The summed E-state index contributed by atoms with van der Waals surface area (Å²) in [6.07, 6.45) is 2.55. The molecule has 2 saturated heterocycles. The molecule has 10 heteroatoms. The maximum absolute atomic E-state index is 13.5. The van der Waals surface area contributed by atoms with E-state index in [2.05, 4.69) is 22.9 Å². The molecule has 188 valence electrons. The fourth-order valence-corrected chi connectivity index (χ4v) is 5.93. The lowest BCUT2D eigenvalue weighted by atomic mass is 10.0. The van der Waals surface area contributed by atoms with Crippen LogP contribution in [0.3, 0.4) is 0 Å². The number of thiocarbonyl (C=S) groups is 1. The third-order valence-electron chi connectivity index (χ3n) is 6.53. The number of carbonyl (C=O) groups is 1. The Morgan fingerprint density at radius 2 is 1.89 bits per heavy atom. The highest BCUT2D eigenvalue weighted by Gasteiger charge is 2.34. The van der Waals surface area contributed by atoms with Crippen molar-refractivity contribution < 1.29 is 4.79 Å². The van der Waals surface area contributed by atoms with Crippen molar-refractivity contribution in [3.05, 3.63) is 66.8 Å². The molecule has 3 heterocycles. The first kappa shape index (κ1) is 26.4. The molecule has 0 radical (unpaired) electrons. The van der Waals surface area contributed by atoms with Gasteiger partial charge in [-0.3, -0.25) is 19.1 Å². The first-order chi connectivity index (χ1) is 17.3. The van der Waals surface area contributed by atoms with Crippen molar-refractivity contribution in [1.82, 2.24) is 14.4 Å². The van der Waals surface area contributed by atoms with Crippen molar-refractivity contribution in [2.75, 3.05) is 38.1 Å². The summed E-state index contributed by atoms with van der Waals surface area (Å²) in [5.41, 5.74) is 1.95. The summed E-state index contributed by atoms with van der Waals surface area (Å²) in [6.45, 7) is 7.78. The molecule has 0 N–H and O–H groups in total. The molecule has 2 aliphatic rings. The van der Waals surface area contributed by atoms with Gasteiger partial charge in [-0.25, -0.2) is 0 Å². The summed E-state index contributed by atoms with van der Waals surface area (Å²) < 4.78 is 2.15. The number of hydrogen-bond donors (Lipinski definition) is 0. The topological polar surface area (TPSA) is 72.6 Å². The average Bonchev–Trinajstić information content (AvgIpc) is 3.12. The zero-order chi connectivity index (χ0) is 26.0. The van der Waals surface area contributed by atoms with E-state index < -0.39 is 0 Å². The lowest BCUT2D eigenvalue weighted by Gasteiger charge is -2.36. The van der Waals surface area contributed by atoms with Gasteiger partial charge in [-0.2, -0.15) is 5.26 Å². The van der Waals surface area contributed by atoms with Crippen LogP contribution in [0.1, 0.15) is 35.6 Å². The standard InChI is InChI=1S/C26H28ClN5O2S2/c1-4-9-31-23(30-12-10-29(3)11-13-30)19(17(2)20(15-28)24(31)33)14-22-25(34)32(26(35)36-22)16-18-7-5-6-8-21(18)27/h5-8,14H,4,9-13,16H2,1-3H3. The zero-order valence-corrected chi connectivity index (χ0v) is 23.0. The molecule has 0 saturated carbocycles. The zero-order valence-electron chi connectivity index (χ0n) is 20.6. The highest BCUT2D eigenvalue weighted by Crippen LogP contribution is 2.37. The largest absolute Gasteiger partial charge is 0.355 e. The Labute approximate surface area is 225 Å². The second kappa shape index (κ2) is 11.2. The van der Waals surface area contributed by atoms with Crippen LogP contribution >= 0.6 is 35.6 Å². The van der Waals surface area contributed by atoms with Crippen molar-refractivity contribution in [3.8, 4) is 6.07 Å². The molecule has 1 aromatic carbocycles. The Balaban J connectivity index is 1.82. The van der Waals surface area contributed by atoms with Crippen LogP contribution in [0.4, 0.5) is 5.82 Å². The Morgan fingerprint density at radius 3 is 2.53 bits per heavy atom. The van der Waals surface area contributed by atoms with Crippen molar-refractivity contribution in [2.24, 2.45) is 0 Å². The summed E-state index contributed by atoms with van der Waals surface area (Å²) in [6, 6.07) is 9.48. The fourth-order valence-electron chi connectivity index (χ4n) is 4.50. The van der Waals surface area contributed by atoms with E-state index in [1.54, 1.807) is 28.5 Å². The quantitative estimate of drug-likeness (QED) is 0.400. The minimum Gasteiger partial charge on any atom is -0.355 e. The Hall–Kier alpha value is -2.64. The van der Waals surface area contributed by atoms with Crippen LogP contribution in [0.5, 0.6) is 0 Å². The number of anilines is 1. The molecule has 0 unspecified atom stereocenters. The molecule has 0 atom stereocenters. The van der Waals surface area contributed by atoms with Gasteiger partial charge in [-0.15, -0.1) is 0 Å². The molecular formula is C26H28ClN5O2S2. The number of thioether (sulfide) groups is 1. The number of rotatable bonds is 6. The van der Waals surface area contributed by atoms with Crippen LogP contribution in [-0.4, -0.2) is 57.8 Å². The van der Waals surface area contributed by atoms with E-state index in [0.717, 1.165) is 49.5 Å². The summed E-state index contributed by atoms with van der Waals surface area (Å²) in [5.74, 6) is 0.559. The minimum atomic E-state index is -0.283. The smallest absolute Gasteiger partial charge is 0.270 e. The average molecular weight is 542 g/mol. The molecule has 2 aliphatic heterocycles. The maximum Gasteiger partial charge on any atom is 0.270 e. The van der Waals surface area contributed by atoms with E-state index in [4.69, 9.17) is 23.8 Å². The lowest BCUT2D eigenvalue weighted by Crippen LogP contribution is -2.47. The number of hydrogen-bond acceptors (Lipinski definition) is 7. The lowest BCUT2D eigenvalue weighted by molar-refractivity contribution is -0.122. The number of amides is 1. The highest BCUT2D eigenvalue weighted by atomic mass is 35.5. The monoisotopic (exact) mass is 541 g/mol. The van der Waals surface area contributed by atoms with Gasteiger partial charge in [0.05, 0.1) is 11.4 Å². The van der Waals surface area contributed by atoms with Crippen molar-refractivity contribution in [1.29, 1.82) is 5.26 Å². The van der Waals surface area contributed by atoms with Gasteiger partial charge in [0.15, 0.2) is 0 Å². The van der Waals surface area contributed by atoms with Gasteiger partial charge in [-0.1, -0.05) is 60.7 Å². The number of nitriles is 1. The predicted molar refractivity (Wildman–Crippen MR) is 150 cm³/mol. The number of aromatic nitrogens is 1. The van der Waals surface area contributed by atoms with Crippen LogP contribution < -0.4 is 10.5 Å². The molecule has 4 rings (SSSR count). The van der Waals surface area contributed by atoms with Gasteiger partial charge >= 0.3 is 0 Å². The molecule has 1 aromatic heterocycles. The van der Waals surface area contributed by atoms with Crippen LogP contribution in [0.25, 0.3) is 6.08 Å². The maximum atomic E-state index is 13.5. The van der Waals surface area contributed by atoms with Gasteiger partial charge in [0, 0.05) is 43.3 Å². The minimum absolute atomic E-state index is 0.110. The molecule has 0 bridgehead atoms. The summed E-state index contributed by atoms with van der Waals surface area (Å²) in [5, 5.41) is 10.4. The van der Waals surface area contributed by atoms with E-state index in [9.17, 15) is 14.9 Å². The third-order valence-corrected chi connectivity index (χ3v) is 8.28. The Bertz CT molecular complexity index is 1340. The number of benzene rings is 1. The summed E-state index contributed by atoms with van der Waals surface area (Å²) in [7, 11) is 2.08. The molecule has 2 aromatic rings. The molecule has 7 nitrogen and oxygen atoms in total. The van der Waals surface area contributed by atoms with Crippen LogP contribution in [0.2, 0.25) is 5.02 Å². The van der Waals surface area contributed by atoms with E-state index in [0.29, 0.717) is 26.4 Å². The van der Waals surface area contributed by atoms with Crippen molar-refractivity contribution in [3.63, 3.8) is 0 Å². The van der Waals surface area contributed by atoms with Crippen molar-refractivity contribution >= 4 is 57.7 Å². The SMILES string of the molecule is CCCn1c(N2CCN(C)CC2)c(C=C2SC(=S)N(Cc3ccccc3Cl)C2=O)c(C)c(C#N)c1=O. The van der Waals surface area contributed by atoms with E-state index in [1.165, 1.54) is 11.8 Å². The number of halogens is 1. The Kier molecular flexibility index (Phi) is 8.20. The van der Waals surface area contributed by atoms with Crippen molar-refractivity contribution in [2.45, 2.75) is 33.4 Å². The number of nitrogens with zero attached hydrogens (tertiary/aromatic N) is 5. The fraction of sp³-hybridized carbons (Fsp3) is 0.385. The van der Waals surface area contributed by atoms with Gasteiger partial charge < -0.3 is 9.80 Å². The van der Waals surface area contributed by atoms with Gasteiger partial charge in [0.1, 0.15) is 21.8 Å². The predicted octanol–water partition coefficient (Wildman–Crippen LogP) is 4.25. The molecule has 36 heavy (non-hydrogen) atoms. The second-order valence-corrected chi connectivity index (χ2v) is 11.0. The van der Waals surface area contributed by atoms with Crippen LogP contribution in [-0.2, 0) is 17.9 Å². The summed E-state index contributed by atoms with van der Waals surface area (Å²) >= 11 is 13.1. The molecule has 2 fully saturated rings. The van der Waals surface area contributed by atoms with Gasteiger partial charge in [-0.05, 0) is 43.7 Å². The van der Waals surface area contributed by atoms with E-state index in [-0.39, 0.29) is 23.6 Å². The molecule has 0 spiro atoms. The van der Waals surface area contributed by atoms with Gasteiger partial charge in [0.25, 0.3) is 11.5 Å². The summed E-state index contributed by atoms with van der Waals surface area (Å²) in [4.78, 5) is 33.2. The first-order valence-electron chi connectivity index (χ1n) is 11.9.